The number of aliphatic carboxylic acids is 1. The van der Waals surface area contributed by atoms with Gasteiger partial charge in [-0.05, 0) is 49.1 Å². The van der Waals surface area contributed by atoms with Crippen molar-refractivity contribution in [2.75, 3.05) is 0 Å². The molecule has 4 heteroatoms. The Morgan fingerprint density at radius 3 is 2.61 bits per heavy atom. The number of furan rings is 1. The number of aryl methyl sites for hydroxylation is 1. The Hall–Kier alpha value is -3.79. The maximum atomic E-state index is 10.9. The molecule has 2 heterocycles. The van der Waals surface area contributed by atoms with Crippen LogP contribution in [0, 0.1) is 0 Å². The van der Waals surface area contributed by atoms with Gasteiger partial charge < -0.3 is 14.1 Å². The van der Waals surface area contributed by atoms with E-state index in [4.69, 9.17) is 9.52 Å². The molecule has 0 spiro atoms. The summed E-state index contributed by atoms with van der Waals surface area (Å²) in [4.78, 5) is 10.9. The van der Waals surface area contributed by atoms with Crippen LogP contribution in [0.15, 0.2) is 89.9 Å². The van der Waals surface area contributed by atoms with Crippen LogP contribution in [-0.4, -0.2) is 15.6 Å². The molecule has 4 nitrogen and oxygen atoms in total. The monoisotopic (exact) mass is 411 g/mol. The van der Waals surface area contributed by atoms with Gasteiger partial charge in [0.1, 0.15) is 5.58 Å². The molecule has 2 aromatic heterocycles. The summed E-state index contributed by atoms with van der Waals surface area (Å²) >= 11 is 0. The third kappa shape index (κ3) is 4.10. The van der Waals surface area contributed by atoms with E-state index < -0.39 is 5.97 Å². The van der Waals surface area contributed by atoms with Gasteiger partial charge in [0.15, 0.2) is 5.76 Å². The molecule has 0 saturated carbocycles. The second kappa shape index (κ2) is 8.92. The van der Waals surface area contributed by atoms with Crippen molar-refractivity contribution in [3.8, 4) is 22.6 Å². The molecule has 0 unspecified atom stereocenters. The zero-order chi connectivity index (χ0) is 21.8. The van der Waals surface area contributed by atoms with Crippen LogP contribution in [0.2, 0.25) is 0 Å². The third-order valence-corrected chi connectivity index (χ3v) is 5.37. The average molecular weight is 412 g/mol. The molecule has 5 rings (SSSR count). The number of nitrogens with zero attached hydrogens (tertiary/aromatic N) is 1. The number of benzene rings is 2. The van der Waals surface area contributed by atoms with Gasteiger partial charge in [-0.15, -0.1) is 6.58 Å². The van der Waals surface area contributed by atoms with E-state index in [0.29, 0.717) is 6.54 Å². The minimum Gasteiger partial charge on any atom is -0.478 e. The molecule has 0 saturated heterocycles. The maximum absolute atomic E-state index is 10.9. The second-order valence-electron chi connectivity index (χ2n) is 7.46. The molecule has 0 bridgehead atoms. The fraction of sp³-hybridized carbons (Fsp3) is 0.148. The molecule has 156 valence electrons. The van der Waals surface area contributed by atoms with Crippen molar-refractivity contribution in [3.63, 3.8) is 0 Å². The van der Waals surface area contributed by atoms with Crippen molar-refractivity contribution in [1.82, 2.24) is 4.57 Å². The quantitative estimate of drug-likeness (QED) is 0.308. The van der Waals surface area contributed by atoms with Crippen LogP contribution in [0.5, 0.6) is 0 Å². The summed E-state index contributed by atoms with van der Waals surface area (Å²) in [6.07, 6.45) is 6.55. The molecule has 31 heavy (non-hydrogen) atoms. The number of para-hydroxylation sites is 1. The first-order valence-electron chi connectivity index (χ1n) is 10.4. The number of hydrogen-bond acceptors (Lipinski definition) is 2. The van der Waals surface area contributed by atoms with Gasteiger partial charge in [0.2, 0.25) is 0 Å². The van der Waals surface area contributed by atoms with Gasteiger partial charge >= 0.3 is 5.97 Å². The lowest BCUT2D eigenvalue weighted by molar-refractivity contribution is -0.131. The first-order valence-corrected chi connectivity index (χ1v) is 10.4. The summed E-state index contributed by atoms with van der Waals surface area (Å²) in [7, 11) is 0. The number of carbonyl (C=O) groups is 1. The lowest BCUT2D eigenvalue weighted by Gasteiger charge is -2.19. The molecule has 0 fully saturated rings. The Morgan fingerprint density at radius 2 is 1.84 bits per heavy atom. The largest absolute Gasteiger partial charge is 0.478 e. The lowest BCUT2D eigenvalue weighted by atomic mass is 9.90. The minimum atomic E-state index is -0.934. The number of carboxylic acid groups (broad SMARTS) is 1. The summed E-state index contributed by atoms with van der Waals surface area (Å²) in [6.45, 7) is 5.75. The van der Waals surface area contributed by atoms with Gasteiger partial charge in [-0.1, -0.05) is 54.6 Å². The van der Waals surface area contributed by atoms with E-state index in [1.54, 1.807) is 12.2 Å². The topological polar surface area (TPSA) is 55.4 Å². The number of aromatic nitrogens is 1. The number of carboxylic acids is 1. The summed E-state index contributed by atoms with van der Waals surface area (Å²) in [6, 6.07) is 20.7. The normalized spacial score (nSPS) is 12.2. The highest BCUT2D eigenvalue weighted by Crippen LogP contribution is 2.40. The fourth-order valence-corrected chi connectivity index (χ4v) is 4.13. The van der Waals surface area contributed by atoms with Crippen LogP contribution in [0.3, 0.4) is 0 Å². The van der Waals surface area contributed by atoms with Crippen LogP contribution in [0.4, 0.5) is 0 Å². The molecular formula is C27H25NO3. The Labute approximate surface area is 181 Å². The molecule has 2 aromatic carbocycles. The van der Waals surface area contributed by atoms with Crippen molar-refractivity contribution in [2.45, 2.75) is 26.3 Å². The zero-order valence-electron chi connectivity index (χ0n) is 17.5. The van der Waals surface area contributed by atoms with Gasteiger partial charge in [0, 0.05) is 29.3 Å². The summed E-state index contributed by atoms with van der Waals surface area (Å²) in [5.74, 6) is -0.131. The van der Waals surface area contributed by atoms with Crippen LogP contribution in [-0.2, 0) is 24.2 Å². The number of allylic oxidation sites excluding steroid dienone is 2. The summed E-state index contributed by atoms with van der Waals surface area (Å²) in [5.41, 5.74) is 6.87. The number of rotatable bonds is 4. The molecule has 1 aliphatic carbocycles. The molecule has 0 aliphatic heterocycles. The van der Waals surface area contributed by atoms with Crippen LogP contribution >= 0.6 is 0 Å². The Balaban J connectivity index is 0.000000730. The Morgan fingerprint density at radius 1 is 1.10 bits per heavy atom. The van der Waals surface area contributed by atoms with E-state index in [-0.39, 0.29) is 0 Å². The van der Waals surface area contributed by atoms with E-state index in [0.717, 1.165) is 35.3 Å². The maximum Gasteiger partial charge on any atom is 0.328 e. The Kier molecular flexibility index (Phi) is 5.89. The predicted molar refractivity (Wildman–Crippen MR) is 125 cm³/mol. The molecule has 1 aliphatic rings. The van der Waals surface area contributed by atoms with Gasteiger partial charge in [0.05, 0.1) is 5.69 Å². The van der Waals surface area contributed by atoms with E-state index in [1.165, 1.54) is 28.5 Å². The van der Waals surface area contributed by atoms with Gasteiger partial charge in [-0.2, -0.15) is 0 Å². The molecule has 0 radical (unpaired) electrons. The highest BCUT2D eigenvalue weighted by molar-refractivity contribution is 5.84. The first kappa shape index (κ1) is 20.5. The molecule has 4 aromatic rings. The van der Waals surface area contributed by atoms with Crippen LogP contribution < -0.4 is 0 Å². The van der Waals surface area contributed by atoms with E-state index in [1.807, 2.05) is 31.2 Å². The molecule has 1 N–H and O–H groups in total. The predicted octanol–water partition coefficient (Wildman–Crippen LogP) is 6.50. The van der Waals surface area contributed by atoms with Crippen molar-refractivity contribution in [2.24, 2.45) is 0 Å². The average Bonchev–Trinajstić information content (AvgIpc) is 3.35. The van der Waals surface area contributed by atoms with Crippen molar-refractivity contribution in [1.29, 1.82) is 0 Å². The van der Waals surface area contributed by atoms with Crippen LogP contribution in [0.1, 0.15) is 18.2 Å². The SMILES string of the molecule is C=CC.O=C(O)/C=C/Cn1c(-c2cc3ccccc3o2)cc2c1CCc1ccccc1-2. The Bertz CT molecular complexity index is 1240. The minimum absolute atomic E-state index is 0.496. The molecular weight excluding hydrogens is 386 g/mol. The van der Waals surface area contributed by atoms with Gasteiger partial charge in [-0.3, -0.25) is 0 Å². The molecule has 0 amide bonds. The van der Waals surface area contributed by atoms with E-state index in [9.17, 15) is 4.79 Å². The summed E-state index contributed by atoms with van der Waals surface area (Å²) in [5, 5.41) is 10.0. The highest BCUT2D eigenvalue weighted by Gasteiger charge is 2.23. The number of hydrogen-bond donors (Lipinski definition) is 1. The zero-order valence-corrected chi connectivity index (χ0v) is 17.5. The van der Waals surface area contributed by atoms with Crippen LogP contribution in [0.25, 0.3) is 33.6 Å². The second-order valence-corrected chi connectivity index (χ2v) is 7.46. The molecule has 0 atom stereocenters. The van der Waals surface area contributed by atoms with Crippen molar-refractivity contribution >= 4 is 16.9 Å². The fourth-order valence-electron chi connectivity index (χ4n) is 4.13. The highest BCUT2D eigenvalue weighted by atomic mass is 16.4. The third-order valence-electron chi connectivity index (χ3n) is 5.37. The lowest BCUT2D eigenvalue weighted by Crippen LogP contribution is -2.09. The number of fused-ring (bicyclic) bond motifs is 4. The summed E-state index contributed by atoms with van der Waals surface area (Å²) < 4.78 is 8.31. The smallest absolute Gasteiger partial charge is 0.328 e. The van der Waals surface area contributed by atoms with Gasteiger partial charge in [-0.25, -0.2) is 4.79 Å². The van der Waals surface area contributed by atoms with Crippen molar-refractivity contribution < 1.29 is 14.3 Å². The first-order chi connectivity index (χ1) is 15.1. The van der Waals surface area contributed by atoms with Crippen molar-refractivity contribution in [3.05, 3.63) is 96.7 Å². The van der Waals surface area contributed by atoms with E-state index in [2.05, 4.69) is 47.5 Å². The van der Waals surface area contributed by atoms with E-state index >= 15 is 0 Å². The van der Waals surface area contributed by atoms with Gasteiger partial charge in [0.25, 0.3) is 0 Å². The standard InChI is InChI=1S/C24H19NO3.C3H6/c26-24(27)10-5-13-25-20-12-11-16-6-1-3-8-18(16)19(20)15-21(25)23-14-17-7-2-4-9-22(17)28-23;1-3-2/h1-10,14-15H,11-13H2,(H,26,27);3H,1H2,2H3/b10-5+;.